The third-order valence-corrected chi connectivity index (χ3v) is 8.45. The number of rotatable bonds is 6. The molecule has 0 radical (unpaired) electrons. The maximum Gasteiger partial charge on any atom is 1.20 e. The molecule has 4 aromatic carbocycles. The Morgan fingerprint density at radius 1 is 0.478 bits per heavy atom. The molecule has 4 heterocycles. The molecule has 8 nitrogen and oxygen atoms in total. The maximum atomic E-state index is 11.1. The minimum absolute atomic E-state index is 0. The van der Waals surface area contributed by atoms with Gasteiger partial charge in [-0.25, -0.2) is 4.98 Å². The summed E-state index contributed by atoms with van der Waals surface area (Å²) in [7, 11) is 0. The fraction of sp³-hybridized carbons (Fsp3) is 0. The van der Waals surface area contributed by atoms with Crippen molar-refractivity contribution in [2.45, 2.75) is 0 Å². The van der Waals surface area contributed by atoms with Crippen LogP contribution in [0.3, 0.4) is 0 Å². The van der Waals surface area contributed by atoms with Crippen molar-refractivity contribution in [3.63, 3.8) is 0 Å². The normalized spacial score (nSPS) is 10.5. The summed E-state index contributed by atoms with van der Waals surface area (Å²) in [5.74, 6) is 1.87. The summed E-state index contributed by atoms with van der Waals surface area (Å²) in [6, 6.07) is 38.1. The van der Waals surface area contributed by atoms with Crippen LogP contribution in [0.2, 0.25) is 0 Å². The number of benzene rings is 4. The van der Waals surface area contributed by atoms with Crippen LogP contribution in [0.15, 0.2) is 146 Å². The molecule has 0 fully saturated rings. The number of aromatic amines is 1. The van der Waals surface area contributed by atoms with Gasteiger partial charge in [0.1, 0.15) is 33.8 Å². The number of H-pyrrole nitrogens is 1. The molecule has 1 N–H and O–H groups in total. The van der Waals surface area contributed by atoms with E-state index in [2.05, 4.69) is 19.9 Å². The molecule has 8 aromatic rings. The van der Waals surface area contributed by atoms with Crippen molar-refractivity contribution in [3.8, 4) is 23.0 Å². The van der Waals surface area contributed by atoms with Gasteiger partial charge in [-0.3, -0.25) is 15.0 Å². The van der Waals surface area contributed by atoms with E-state index in [1.165, 1.54) is 0 Å². The average Bonchev–Trinajstić information content (AvgIpc) is 3.09. The van der Waals surface area contributed by atoms with Crippen molar-refractivity contribution in [2.75, 3.05) is 0 Å². The Bertz CT molecular complexity index is 2060. The zero-order chi connectivity index (χ0) is 30.4. The topological polar surface area (TPSA) is 104 Å². The molecule has 0 unspecified atom stereocenters. The van der Waals surface area contributed by atoms with Crippen LogP contribution in [0.25, 0.3) is 43.6 Å². The molecule has 0 aliphatic rings. The number of nitrogens with one attached hydrogen (secondary N) is 1. The number of aromatic nitrogens is 4. The number of hydrogen-bond donors (Lipinski definition) is 0. The molecule has 46 heavy (non-hydrogen) atoms. The third-order valence-electron chi connectivity index (χ3n) is 7.11. The van der Waals surface area contributed by atoms with Gasteiger partial charge in [0.25, 0.3) is 0 Å². The summed E-state index contributed by atoms with van der Waals surface area (Å²) in [5.41, 5.74) is 2.93. The summed E-state index contributed by atoms with van der Waals surface area (Å²) in [6.45, 7) is 0. The van der Waals surface area contributed by atoms with Gasteiger partial charge in [0.05, 0.1) is 0 Å². The van der Waals surface area contributed by atoms with E-state index in [9.17, 15) is 5.11 Å². The van der Waals surface area contributed by atoms with Gasteiger partial charge < -0.3 is 16.5 Å². The monoisotopic (exact) mass is 611 g/mol. The Balaban J connectivity index is 0.000000262. The summed E-state index contributed by atoms with van der Waals surface area (Å²) in [4.78, 5) is 16.4. The molecular weight excluding hydrogens is 586 g/mol. The molecule has 8 rings (SSSR count). The Morgan fingerprint density at radius 2 is 0.870 bits per heavy atom. The van der Waals surface area contributed by atoms with E-state index in [1.807, 2.05) is 109 Å². The Hall–Kier alpha value is -5.15. The van der Waals surface area contributed by atoms with E-state index < -0.39 is 15.1 Å². The molecular formula is C36H25AlLiN4O4+. The van der Waals surface area contributed by atoms with Crippen molar-refractivity contribution in [2.24, 2.45) is 0 Å². The van der Waals surface area contributed by atoms with Crippen molar-refractivity contribution in [1.29, 1.82) is 0 Å². The first-order valence-electron chi connectivity index (χ1n) is 14.3. The molecule has 0 saturated heterocycles. The van der Waals surface area contributed by atoms with Gasteiger partial charge >= 0.3 is 34.0 Å². The van der Waals surface area contributed by atoms with Gasteiger partial charge in [-0.2, -0.15) is 0 Å². The predicted molar refractivity (Wildman–Crippen MR) is 173 cm³/mol. The van der Waals surface area contributed by atoms with Crippen molar-refractivity contribution in [3.05, 3.63) is 146 Å². The van der Waals surface area contributed by atoms with E-state index in [1.54, 1.807) is 36.9 Å². The third kappa shape index (κ3) is 6.74. The first kappa shape index (κ1) is 30.9. The Morgan fingerprint density at radius 3 is 1.33 bits per heavy atom. The summed E-state index contributed by atoms with van der Waals surface area (Å²) in [5, 5.41) is 15.0. The minimum Gasteiger partial charge on any atom is -0.868 e. The van der Waals surface area contributed by atoms with Gasteiger partial charge in [-0.05, 0) is 54.3 Å². The van der Waals surface area contributed by atoms with Crippen LogP contribution in [0.1, 0.15) is 0 Å². The van der Waals surface area contributed by atoms with Gasteiger partial charge in [0.15, 0.2) is 6.20 Å². The average molecular weight is 612 g/mol. The predicted octanol–water partition coefficient (Wildman–Crippen LogP) is 3.58. The number of fused-ring (bicyclic) bond motifs is 4. The number of nitrogens with zero attached hydrogens (tertiary/aromatic N) is 3. The molecule has 0 aliphatic carbocycles. The van der Waals surface area contributed by atoms with Crippen molar-refractivity contribution < 1.29 is 40.3 Å². The number of pyridine rings is 4. The molecule has 0 saturated carbocycles. The Kier molecular flexibility index (Phi) is 9.59. The van der Waals surface area contributed by atoms with E-state index >= 15 is 0 Å². The van der Waals surface area contributed by atoms with Crippen LogP contribution < -0.4 is 40.3 Å². The van der Waals surface area contributed by atoms with E-state index in [4.69, 9.17) is 11.4 Å². The summed E-state index contributed by atoms with van der Waals surface area (Å²) < 4.78 is 19.2. The fourth-order valence-electron chi connectivity index (χ4n) is 5.02. The standard InChI is InChI=1S/4C9H7NO.Al.Li/c4*11-8-5-1-3-7-4-2-6-10-9(7)8;;/h4*1-6,11H;;/q;;;;+3;+1/p-3. The second kappa shape index (κ2) is 14.3. The van der Waals surface area contributed by atoms with E-state index in [-0.39, 0.29) is 24.6 Å². The smallest absolute Gasteiger partial charge is 0.868 e. The molecule has 0 atom stereocenters. The van der Waals surface area contributed by atoms with E-state index in [0.717, 1.165) is 38.1 Å². The van der Waals surface area contributed by atoms with Crippen LogP contribution in [-0.2, 0) is 0 Å². The number of hydrogen-bond acceptors (Lipinski definition) is 7. The van der Waals surface area contributed by atoms with Crippen molar-refractivity contribution in [1.82, 2.24) is 15.0 Å². The maximum absolute atomic E-state index is 11.1. The van der Waals surface area contributed by atoms with Gasteiger partial charge in [0.2, 0.25) is 5.52 Å². The molecule has 0 aliphatic heterocycles. The minimum atomic E-state index is -2.86. The molecule has 216 valence electrons. The van der Waals surface area contributed by atoms with Crippen LogP contribution in [0, 0.1) is 0 Å². The van der Waals surface area contributed by atoms with Crippen molar-refractivity contribution >= 4 is 58.8 Å². The second-order valence-electron chi connectivity index (χ2n) is 10.0. The first-order chi connectivity index (χ1) is 22.2. The van der Waals surface area contributed by atoms with Gasteiger partial charge in [0, 0.05) is 46.2 Å². The largest absolute Gasteiger partial charge is 1.20 e. The summed E-state index contributed by atoms with van der Waals surface area (Å²) in [6.07, 6.45) is 6.99. The Labute approximate surface area is 281 Å². The first-order valence-corrected chi connectivity index (χ1v) is 15.7. The quantitative estimate of drug-likeness (QED) is 0.265. The molecule has 0 spiro atoms. The van der Waals surface area contributed by atoms with Crippen LogP contribution >= 0.6 is 0 Å². The summed E-state index contributed by atoms with van der Waals surface area (Å²) >= 11 is -2.86. The molecule has 0 amide bonds. The van der Waals surface area contributed by atoms with Gasteiger partial charge in [-0.1, -0.05) is 66.7 Å². The van der Waals surface area contributed by atoms with E-state index in [0.29, 0.717) is 22.8 Å². The molecule has 10 heteroatoms. The zero-order valence-electron chi connectivity index (χ0n) is 24.9. The second-order valence-corrected chi connectivity index (χ2v) is 11.3. The van der Waals surface area contributed by atoms with Crippen LogP contribution in [0.4, 0.5) is 0 Å². The SMILES string of the molecule is [Li+].[O-]c1cccc2ccc[nH+]c12.c1cnc2c([O][Al]([O]c3cccc4cccnc34)[O]c3cccc4cccnc34)cccc2c1. The van der Waals surface area contributed by atoms with Crippen LogP contribution in [0.5, 0.6) is 23.0 Å². The molecule has 0 bridgehead atoms. The molecule has 4 aromatic heterocycles. The number of para-hydroxylation sites is 4. The fourth-order valence-corrected chi connectivity index (χ4v) is 6.36. The van der Waals surface area contributed by atoms with Crippen LogP contribution in [-0.4, -0.2) is 30.1 Å². The zero-order valence-corrected chi connectivity index (χ0v) is 26.1. The van der Waals surface area contributed by atoms with Gasteiger partial charge in [-0.15, -0.1) is 0 Å².